The van der Waals surface area contributed by atoms with Crippen LogP contribution in [0.3, 0.4) is 0 Å². The minimum Gasteiger partial charge on any atom is -0.379 e. The van der Waals surface area contributed by atoms with Crippen molar-refractivity contribution in [3.63, 3.8) is 0 Å². The zero-order chi connectivity index (χ0) is 48.8. The molecular weight excluding hydrogens is 899 g/mol. The van der Waals surface area contributed by atoms with Crippen LogP contribution in [0.4, 0.5) is 0 Å². The number of morpholine rings is 1. The van der Waals surface area contributed by atoms with Crippen LogP contribution in [0, 0.1) is 22.7 Å². The normalized spacial score (nSPS) is 41.7. The summed E-state index contributed by atoms with van der Waals surface area (Å²) in [6.45, 7) is 14.0. The average molecular weight is 978 g/mol. The van der Waals surface area contributed by atoms with Gasteiger partial charge in [0.05, 0.1) is 35.6 Å². The van der Waals surface area contributed by atoms with E-state index in [-0.39, 0.29) is 33.2 Å². The van der Waals surface area contributed by atoms with Crippen LogP contribution in [0.5, 0.6) is 0 Å². The molecule has 4 saturated carbocycles. The monoisotopic (exact) mass is 978 g/mol. The lowest BCUT2D eigenvalue weighted by molar-refractivity contribution is -0.143. The first-order valence-corrected chi connectivity index (χ1v) is 29.2. The quantitative estimate of drug-likeness (QED) is 0.200. The Balaban J connectivity index is 0.000000130. The van der Waals surface area contributed by atoms with Crippen molar-refractivity contribution in [3.8, 4) is 0 Å². The number of hydrogen-bond donors (Lipinski definition) is 0. The standard InChI is InChI=1S/C33H41N3O.C32H38N2O2/c1-31-11-9-27-20-26-5-6-28(36-17-15-35(2)16-18-36)21-32(26)12-13-33(27,37-32)30(31)8-7-29(31)24-4-3-23-10-14-34-22-25(23)19-24;1-30-10-8-26-19-25-4-5-27(34-14-16-35-17-15-34)20-31(25)11-12-32(26,36-31)29(30)7-6-28(30)23-3-2-22-9-13-33-21-24(22)18-23/h3-4,9-10,14,19-20,22,28-30H,5-8,11-13,15-18,21H2,1-2H3;2-3,8-9,13,18-19,21,27-29H,4-7,10-12,14-17,20H2,1H3/t28-,29-,30-,31-,32-,33?;27-,28-,29-,30-,31-,32?/m11/s1. The van der Waals surface area contributed by atoms with E-state index in [4.69, 9.17) is 14.2 Å². The lowest BCUT2D eigenvalue weighted by atomic mass is 9.58. The summed E-state index contributed by atoms with van der Waals surface area (Å²) in [5.74, 6) is 2.37. The largest absolute Gasteiger partial charge is 0.379 e. The fourth-order valence-corrected chi connectivity index (χ4v) is 19.3. The highest BCUT2D eigenvalue weighted by atomic mass is 16.5. The summed E-state index contributed by atoms with van der Waals surface area (Å²) in [6, 6.07) is 19.8. The summed E-state index contributed by atoms with van der Waals surface area (Å²) in [5.41, 5.74) is 9.63. The number of aromatic nitrogens is 2. The van der Waals surface area contributed by atoms with Gasteiger partial charge in [-0.3, -0.25) is 19.8 Å². The number of hydrogen-bond acceptors (Lipinski definition) is 8. The van der Waals surface area contributed by atoms with Gasteiger partial charge in [-0.1, -0.05) is 62.4 Å². The zero-order valence-corrected chi connectivity index (χ0v) is 44.1. The number of nitrogens with zero attached hydrogens (tertiary/aromatic N) is 5. The molecule has 382 valence electrons. The molecule has 12 atom stereocenters. The molecule has 4 spiro atoms. The minimum atomic E-state index is -0.0729. The molecule has 6 aliphatic heterocycles. The number of benzene rings is 2. The third-order valence-corrected chi connectivity index (χ3v) is 23.1. The second-order valence-corrected chi connectivity index (χ2v) is 26.2. The average Bonchev–Trinajstić information content (AvgIpc) is 4.16. The molecule has 2 unspecified atom stereocenters. The zero-order valence-electron chi connectivity index (χ0n) is 44.1. The Labute approximate surface area is 434 Å². The van der Waals surface area contributed by atoms with Crippen molar-refractivity contribution in [1.29, 1.82) is 0 Å². The molecule has 2 aromatic carbocycles. The van der Waals surface area contributed by atoms with Gasteiger partial charge >= 0.3 is 0 Å². The molecule has 16 rings (SSSR count). The Hall–Kier alpha value is -4.02. The molecule has 0 N–H and O–H groups in total. The maximum absolute atomic E-state index is 7.57. The minimum absolute atomic E-state index is 0.00540. The number of allylic oxidation sites excluding steroid dienone is 2. The van der Waals surface area contributed by atoms with E-state index in [1.165, 1.54) is 167 Å². The Morgan fingerprint density at radius 2 is 1.03 bits per heavy atom. The Kier molecular flexibility index (Phi) is 10.8. The van der Waals surface area contributed by atoms with Crippen molar-refractivity contribution in [2.24, 2.45) is 22.7 Å². The first kappa shape index (κ1) is 46.3. The van der Waals surface area contributed by atoms with Gasteiger partial charge in [-0.05, 0) is 213 Å². The summed E-state index contributed by atoms with van der Waals surface area (Å²) >= 11 is 0. The molecule has 4 saturated heterocycles. The van der Waals surface area contributed by atoms with Crippen LogP contribution in [0.2, 0.25) is 0 Å². The highest BCUT2D eigenvalue weighted by Gasteiger charge is 2.68. The lowest BCUT2D eigenvalue weighted by Gasteiger charge is -2.55. The predicted octanol–water partition coefficient (Wildman–Crippen LogP) is 12.3. The predicted molar refractivity (Wildman–Crippen MR) is 290 cm³/mol. The van der Waals surface area contributed by atoms with Gasteiger partial charge in [0.1, 0.15) is 0 Å². The van der Waals surface area contributed by atoms with Crippen LogP contribution >= 0.6 is 0 Å². The number of piperazine rings is 1. The SMILES string of the molecule is CN1CCN([C@@H]2CCC3=CC4=CC[C@]5(C)[C@@H](c6ccc7ccncc7c6)CC[C@H]5C45CC[C@]3(C2)O5)CC1.C[C@]12CC=C3C=C4CC[C@@H](N5CCOCC5)C[C@]45CCC3(O5)[C@@H]1CC[C@@H]2c1ccc2ccncc2c1. The highest BCUT2D eigenvalue weighted by Crippen LogP contribution is 2.71. The molecule has 8 fully saturated rings. The molecule has 2 aromatic heterocycles. The number of pyridine rings is 2. The van der Waals surface area contributed by atoms with E-state index in [0.717, 1.165) is 26.3 Å². The van der Waals surface area contributed by atoms with Crippen molar-refractivity contribution in [1.82, 2.24) is 24.7 Å². The van der Waals surface area contributed by atoms with Crippen LogP contribution in [0.25, 0.3) is 21.5 Å². The van der Waals surface area contributed by atoms with Gasteiger partial charge in [0.15, 0.2) is 0 Å². The second-order valence-electron chi connectivity index (χ2n) is 26.2. The van der Waals surface area contributed by atoms with Crippen molar-refractivity contribution in [2.45, 2.75) is 163 Å². The molecule has 0 radical (unpaired) electrons. The van der Waals surface area contributed by atoms with E-state index in [9.17, 15) is 0 Å². The number of likely N-dealkylation sites (N-methyl/N-ethyl adjacent to an activating group) is 1. The third-order valence-electron chi connectivity index (χ3n) is 23.1. The van der Waals surface area contributed by atoms with E-state index in [1.54, 1.807) is 16.7 Å². The first-order valence-electron chi connectivity index (χ1n) is 29.2. The van der Waals surface area contributed by atoms with Gasteiger partial charge in [0, 0.05) is 86.9 Å². The first-order chi connectivity index (χ1) is 35.6. The van der Waals surface area contributed by atoms with E-state index in [0.29, 0.717) is 35.8 Å². The van der Waals surface area contributed by atoms with E-state index < -0.39 is 0 Å². The van der Waals surface area contributed by atoms with Crippen LogP contribution in [-0.2, 0) is 14.2 Å². The lowest BCUT2D eigenvalue weighted by Crippen LogP contribution is -2.57. The summed E-state index contributed by atoms with van der Waals surface area (Å²) in [7, 11) is 2.26. The molecule has 73 heavy (non-hydrogen) atoms. The summed E-state index contributed by atoms with van der Waals surface area (Å²) in [6.07, 6.45) is 38.0. The molecule has 8 heteroatoms. The Bertz CT molecular complexity index is 2980. The number of fused-ring (bicyclic) bond motifs is 4. The van der Waals surface area contributed by atoms with Crippen molar-refractivity contribution >= 4 is 21.5 Å². The third kappa shape index (κ3) is 6.98. The molecule has 12 aliphatic rings. The van der Waals surface area contributed by atoms with E-state index in [1.807, 2.05) is 24.8 Å². The maximum atomic E-state index is 7.57. The smallest absolute Gasteiger partial charge is 0.0974 e. The molecule has 0 amide bonds. The summed E-state index contributed by atoms with van der Waals surface area (Å²) < 4.78 is 20.8. The highest BCUT2D eigenvalue weighted by molar-refractivity contribution is 5.83. The molecule has 4 aromatic rings. The fraction of sp³-hybridized carbons (Fsp3) is 0.600. The molecular formula is C65H79N5O3. The van der Waals surface area contributed by atoms with Gasteiger partial charge in [0.2, 0.25) is 0 Å². The molecule has 6 aliphatic carbocycles. The maximum Gasteiger partial charge on any atom is 0.0974 e. The fourth-order valence-electron chi connectivity index (χ4n) is 19.3. The van der Waals surface area contributed by atoms with E-state index in [2.05, 4.69) is 118 Å². The van der Waals surface area contributed by atoms with Gasteiger partial charge in [-0.15, -0.1) is 0 Å². The molecule has 4 bridgehead atoms. The number of ether oxygens (including phenoxy) is 3. The Morgan fingerprint density at radius 1 is 0.534 bits per heavy atom. The Morgan fingerprint density at radius 3 is 1.53 bits per heavy atom. The van der Waals surface area contributed by atoms with Crippen molar-refractivity contribution < 1.29 is 14.2 Å². The summed E-state index contributed by atoms with van der Waals surface area (Å²) in [4.78, 5) is 16.8. The van der Waals surface area contributed by atoms with Crippen LogP contribution in [-0.4, -0.2) is 119 Å². The van der Waals surface area contributed by atoms with Crippen LogP contribution in [0.15, 0.2) is 120 Å². The van der Waals surface area contributed by atoms with E-state index >= 15 is 0 Å². The molecule has 8 nitrogen and oxygen atoms in total. The van der Waals surface area contributed by atoms with Gasteiger partial charge in [-0.25, -0.2) is 0 Å². The van der Waals surface area contributed by atoms with Gasteiger partial charge in [0.25, 0.3) is 0 Å². The van der Waals surface area contributed by atoms with Crippen molar-refractivity contribution in [3.05, 3.63) is 131 Å². The van der Waals surface area contributed by atoms with Gasteiger partial charge in [-0.2, -0.15) is 0 Å². The van der Waals surface area contributed by atoms with Crippen molar-refractivity contribution in [2.75, 3.05) is 59.5 Å². The van der Waals surface area contributed by atoms with Crippen LogP contribution in [0.1, 0.15) is 140 Å². The number of rotatable bonds is 4. The topological polar surface area (TPSA) is 63.2 Å². The second kappa shape index (κ2) is 17.0. The summed E-state index contributed by atoms with van der Waals surface area (Å²) in [5, 5.41) is 5.12. The molecule has 8 heterocycles. The van der Waals surface area contributed by atoms with Crippen LogP contribution < -0.4 is 0 Å². The van der Waals surface area contributed by atoms with Gasteiger partial charge < -0.3 is 19.1 Å².